The van der Waals surface area contributed by atoms with Gasteiger partial charge in [-0.15, -0.1) is 0 Å². The van der Waals surface area contributed by atoms with Crippen LogP contribution in [0.2, 0.25) is 0 Å². The predicted octanol–water partition coefficient (Wildman–Crippen LogP) is 2.36. The molecule has 3 aromatic rings. The van der Waals surface area contributed by atoms with Crippen molar-refractivity contribution < 1.29 is 17.9 Å². The van der Waals surface area contributed by atoms with Gasteiger partial charge in [0.05, 0.1) is 28.1 Å². The Morgan fingerprint density at radius 1 is 1.03 bits per heavy atom. The van der Waals surface area contributed by atoms with E-state index in [-0.39, 0.29) is 17.2 Å². The molecule has 1 aliphatic heterocycles. The summed E-state index contributed by atoms with van der Waals surface area (Å²) in [6.45, 7) is 1.64. The highest BCUT2D eigenvalue weighted by molar-refractivity contribution is 7.89. The summed E-state index contributed by atoms with van der Waals surface area (Å²) in [5.41, 5.74) is 1.67. The summed E-state index contributed by atoms with van der Waals surface area (Å²) in [6, 6.07) is 13.2. The van der Waals surface area contributed by atoms with E-state index in [1.807, 2.05) is 24.3 Å². The van der Waals surface area contributed by atoms with Crippen LogP contribution in [0.5, 0.6) is 0 Å². The standard InChI is InChI=1S/C21H23N3O5S/c25-20(16-8-10-17(11-9-16)30(27,28)23-12-3-4-13-23)29-15-5-14-24-19-7-2-1-6-18(19)22-21(24)26/h1-2,6-11H,3-5,12-15H2,(H,22,26). The maximum atomic E-state index is 12.5. The van der Waals surface area contributed by atoms with E-state index in [9.17, 15) is 18.0 Å². The van der Waals surface area contributed by atoms with Crippen molar-refractivity contribution in [2.45, 2.75) is 30.7 Å². The number of fused-ring (bicyclic) bond motifs is 1. The molecule has 1 aliphatic rings. The van der Waals surface area contributed by atoms with E-state index in [0.717, 1.165) is 23.9 Å². The zero-order valence-electron chi connectivity index (χ0n) is 16.4. The monoisotopic (exact) mass is 429 g/mol. The highest BCUT2D eigenvalue weighted by Gasteiger charge is 2.27. The Labute approximate surface area is 174 Å². The number of aryl methyl sites for hydroxylation is 1. The number of hydrogen-bond donors (Lipinski definition) is 1. The number of rotatable bonds is 7. The molecule has 9 heteroatoms. The fourth-order valence-corrected chi connectivity index (χ4v) is 5.16. The average molecular weight is 429 g/mol. The van der Waals surface area contributed by atoms with Gasteiger partial charge in [0, 0.05) is 19.6 Å². The number of carbonyl (C=O) groups is 1. The third-order valence-electron chi connectivity index (χ3n) is 5.23. The van der Waals surface area contributed by atoms with Crippen LogP contribution in [0.15, 0.2) is 58.2 Å². The molecular formula is C21H23N3O5S. The Hall–Kier alpha value is -2.91. The number of benzene rings is 2. The van der Waals surface area contributed by atoms with E-state index in [1.54, 1.807) is 4.57 Å². The molecular weight excluding hydrogens is 406 g/mol. The van der Waals surface area contributed by atoms with Crippen LogP contribution >= 0.6 is 0 Å². The van der Waals surface area contributed by atoms with Crippen molar-refractivity contribution in [1.29, 1.82) is 0 Å². The summed E-state index contributed by atoms with van der Waals surface area (Å²) in [6.07, 6.45) is 2.22. The molecule has 1 fully saturated rings. The molecule has 0 atom stereocenters. The van der Waals surface area contributed by atoms with E-state index in [1.165, 1.54) is 28.6 Å². The molecule has 1 N–H and O–H groups in total. The van der Waals surface area contributed by atoms with Gasteiger partial charge in [-0.25, -0.2) is 18.0 Å². The Bertz CT molecular complexity index is 1210. The van der Waals surface area contributed by atoms with E-state index < -0.39 is 16.0 Å². The minimum absolute atomic E-state index is 0.151. The van der Waals surface area contributed by atoms with Crippen molar-refractivity contribution in [3.8, 4) is 0 Å². The molecule has 0 spiro atoms. The number of esters is 1. The smallest absolute Gasteiger partial charge is 0.338 e. The topological polar surface area (TPSA) is 101 Å². The molecule has 158 valence electrons. The number of aromatic amines is 1. The van der Waals surface area contributed by atoms with Gasteiger partial charge in [0.2, 0.25) is 10.0 Å². The third kappa shape index (κ3) is 4.03. The number of para-hydroxylation sites is 2. The van der Waals surface area contributed by atoms with Crippen LogP contribution < -0.4 is 5.69 Å². The van der Waals surface area contributed by atoms with Crippen molar-refractivity contribution in [2.24, 2.45) is 0 Å². The first-order valence-electron chi connectivity index (χ1n) is 9.92. The SMILES string of the molecule is O=C(OCCCn1c(=O)[nH]c2ccccc21)c1ccc(S(=O)(=O)N2CCCC2)cc1. The molecule has 0 radical (unpaired) electrons. The lowest BCUT2D eigenvalue weighted by Crippen LogP contribution is -2.27. The van der Waals surface area contributed by atoms with Gasteiger partial charge in [0.1, 0.15) is 0 Å². The van der Waals surface area contributed by atoms with Crippen molar-refractivity contribution >= 4 is 27.0 Å². The molecule has 1 aromatic heterocycles. The van der Waals surface area contributed by atoms with E-state index >= 15 is 0 Å². The van der Waals surface area contributed by atoms with E-state index in [2.05, 4.69) is 4.98 Å². The Kier molecular flexibility index (Phi) is 5.74. The van der Waals surface area contributed by atoms with Crippen molar-refractivity contribution in [2.75, 3.05) is 19.7 Å². The maximum Gasteiger partial charge on any atom is 0.338 e. The summed E-state index contributed by atoms with van der Waals surface area (Å²) >= 11 is 0. The normalized spacial score (nSPS) is 14.9. The number of carbonyl (C=O) groups excluding carboxylic acids is 1. The lowest BCUT2D eigenvalue weighted by atomic mass is 10.2. The maximum absolute atomic E-state index is 12.5. The third-order valence-corrected chi connectivity index (χ3v) is 7.15. The van der Waals surface area contributed by atoms with Gasteiger partial charge in [-0.05, 0) is 55.7 Å². The molecule has 0 aliphatic carbocycles. The molecule has 0 bridgehead atoms. The van der Waals surface area contributed by atoms with Crippen LogP contribution in [0.1, 0.15) is 29.6 Å². The Balaban J connectivity index is 1.33. The Morgan fingerprint density at radius 3 is 2.47 bits per heavy atom. The first-order valence-corrected chi connectivity index (χ1v) is 11.4. The highest BCUT2D eigenvalue weighted by atomic mass is 32.2. The lowest BCUT2D eigenvalue weighted by Gasteiger charge is -2.15. The highest BCUT2D eigenvalue weighted by Crippen LogP contribution is 2.21. The predicted molar refractivity (Wildman–Crippen MR) is 112 cm³/mol. The van der Waals surface area contributed by atoms with Crippen LogP contribution in [0, 0.1) is 0 Å². The summed E-state index contributed by atoms with van der Waals surface area (Å²) < 4.78 is 33.4. The van der Waals surface area contributed by atoms with Gasteiger partial charge in [-0.2, -0.15) is 4.31 Å². The van der Waals surface area contributed by atoms with Crippen molar-refractivity contribution in [3.05, 3.63) is 64.6 Å². The summed E-state index contributed by atoms with van der Waals surface area (Å²) in [5.74, 6) is -0.522. The van der Waals surface area contributed by atoms with Crippen LogP contribution in [0.25, 0.3) is 11.0 Å². The van der Waals surface area contributed by atoms with Crippen LogP contribution in [-0.2, 0) is 21.3 Å². The number of sulfonamides is 1. The van der Waals surface area contributed by atoms with Gasteiger partial charge in [-0.3, -0.25) is 4.57 Å². The second kappa shape index (κ2) is 8.45. The minimum atomic E-state index is -3.50. The fourth-order valence-electron chi connectivity index (χ4n) is 3.64. The molecule has 0 amide bonds. The van der Waals surface area contributed by atoms with Gasteiger partial charge in [0.15, 0.2) is 0 Å². The summed E-state index contributed by atoms with van der Waals surface area (Å²) in [7, 11) is -3.50. The van der Waals surface area contributed by atoms with E-state index in [0.29, 0.717) is 31.6 Å². The molecule has 8 nitrogen and oxygen atoms in total. The molecule has 30 heavy (non-hydrogen) atoms. The zero-order chi connectivity index (χ0) is 21.1. The first kappa shape index (κ1) is 20.4. The number of imidazole rings is 1. The van der Waals surface area contributed by atoms with Crippen LogP contribution in [-0.4, -0.2) is 47.9 Å². The fraction of sp³-hybridized carbons (Fsp3) is 0.333. The van der Waals surface area contributed by atoms with Gasteiger partial charge >= 0.3 is 11.7 Å². The molecule has 2 heterocycles. The van der Waals surface area contributed by atoms with Crippen molar-refractivity contribution in [1.82, 2.24) is 13.9 Å². The van der Waals surface area contributed by atoms with Crippen molar-refractivity contribution in [3.63, 3.8) is 0 Å². The number of nitrogens with zero attached hydrogens (tertiary/aromatic N) is 2. The molecule has 4 rings (SSSR count). The lowest BCUT2D eigenvalue weighted by molar-refractivity contribution is 0.0496. The first-order chi connectivity index (χ1) is 14.5. The van der Waals surface area contributed by atoms with Crippen LogP contribution in [0.3, 0.4) is 0 Å². The number of H-pyrrole nitrogens is 1. The quantitative estimate of drug-likeness (QED) is 0.459. The molecule has 0 unspecified atom stereocenters. The summed E-state index contributed by atoms with van der Waals surface area (Å²) in [4.78, 5) is 27.3. The second-order valence-corrected chi connectivity index (χ2v) is 9.16. The number of nitrogens with one attached hydrogen (secondary N) is 1. The molecule has 2 aromatic carbocycles. The largest absolute Gasteiger partial charge is 0.462 e. The van der Waals surface area contributed by atoms with E-state index in [4.69, 9.17) is 4.74 Å². The zero-order valence-corrected chi connectivity index (χ0v) is 17.2. The minimum Gasteiger partial charge on any atom is -0.462 e. The number of ether oxygens (including phenoxy) is 1. The average Bonchev–Trinajstić information content (AvgIpc) is 3.40. The number of hydrogen-bond acceptors (Lipinski definition) is 5. The molecule has 1 saturated heterocycles. The second-order valence-electron chi connectivity index (χ2n) is 7.22. The van der Waals surface area contributed by atoms with Gasteiger partial charge in [-0.1, -0.05) is 12.1 Å². The Morgan fingerprint density at radius 2 is 1.73 bits per heavy atom. The van der Waals surface area contributed by atoms with Gasteiger partial charge in [0.25, 0.3) is 0 Å². The van der Waals surface area contributed by atoms with Gasteiger partial charge < -0.3 is 9.72 Å². The molecule has 0 saturated carbocycles. The number of aromatic nitrogens is 2. The van der Waals surface area contributed by atoms with Crippen LogP contribution in [0.4, 0.5) is 0 Å². The summed E-state index contributed by atoms with van der Waals surface area (Å²) in [5, 5.41) is 0.